The molecule has 0 bridgehead atoms. The standard InChI is InChI=1S/C26H34Br2N6O3.C12H14N4O2/c27-20-13-18(14-21(28)24(20)35)15-22(29)25(36)32-23(16-17-1-5-30-6-2-17)26(37)34-11-9-33(10-12-34)19-3-7-31-8-4-19;17-8-15-6-3-9(4-7-15)16-10-2-1-5-13-11(10)14-12(16)18/h3-4,7-8,13-14,17,22-23,30,35H,1-2,5-6,9-12,15-16,29H2,(H,32,36);1-2,5,8-9H,3-4,6-7H2,(H,13,14,18). The number of piperazine rings is 1. The molecule has 1 aromatic carbocycles. The van der Waals surface area contributed by atoms with Crippen molar-refractivity contribution in [1.82, 2.24) is 40.0 Å². The average Bonchev–Trinajstić information content (AvgIpc) is 3.56. The highest BCUT2D eigenvalue weighted by molar-refractivity contribution is 9.11. The number of anilines is 1. The van der Waals surface area contributed by atoms with Crippen LogP contribution in [0.5, 0.6) is 5.75 Å². The van der Waals surface area contributed by atoms with Gasteiger partial charge in [0.25, 0.3) is 0 Å². The van der Waals surface area contributed by atoms with Gasteiger partial charge < -0.3 is 36.2 Å². The monoisotopic (exact) mass is 882 g/mol. The predicted octanol–water partition coefficient (Wildman–Crippen LogP) is 2.92. The van der Waals surface area contributed by atoms with Crippen LogP contribution in [-0.4, -0.2) is 117 Å². The number of nitrogens with one attached hydrogen (secondary N) is 3. The van der Waals surface area contributed by atoms with Gasteiger partial charge >= 0.3 is 5.69 Å². The number of aromatic hydroxyl groups is 1. The summed E-state index contributed by atoms with van der Waals surface area (Å²) in [5.74, 6) is 0.0823. The second-order valence-corrected chi connectivity index (χ2v) is 16.0. The topological polar surface area (TPSA) is 195 Å². The molecule has 6 N–H and O–H groups in total. The fourth-order valence-electron chi connectivity index (χ4n) is 7.56. The Morgan fingerprint density at radius 2 is 1.65 bits per heavy atom. The van der Waals surface area contributed by atoms with Crippen LogP contribution in [0, 0.1) is 5.92 Å². The van der Waals surface area contributed by atoms with Crippen molar-refractivity contribution in [2.75, 3.05) is 57.3 Å². The van der Waals surface area contributed by atoms with Crippen LogP contribution in [0.3, 0.4) is 0 Å². The van der Waals surface area contributed by atoms with Crippen LogP contribution >= 0.6 is 31.9 Å². The van der Waals surface area contributed by atoms with E-state index in [1.54, 1.807) is 40.2 Å². The molecule has 3 aliphatic heterocycles. The lowest BCUT2D eigenvalue weighted by molar-refractivity contribution is -0.137. The Balaban J connectivity index is 0.000000237. The second-order valence-electron chi connectivity index (χ2n) is 14.3. The van der Waals surface area contributed by atoms with Gasteiger partial charge in [0.05, 0.1) is 20.5 Å². The fourth-order valence-corrected chi connectivity index (χ4v) is 8.85. The number of hydrogen-bond donors (Lipinski definition) is 5. The van der Waals surface area contributed by atoms with Crippen LogP contribution in [0.15, 0.2) is 68.7 Å². The molecule has 3 fully saturated rings. The molecule has 17 heteroatoms. The zero-order valence-corrected chi connectivity index (χ0v) is 33.8. The van der Waals surface area contributed by atoms with E-state index >= 15 is 0 Å². The summed E-state index contributed by atoms with van der Waals surface area (Å²) >= 11 is 6.64. The van der Waals surface area contributed by atoms with E-state index < -0.39 is 12.1 Å². The Kier molecular flexibility index (Phi) is 14.0. The quantitative estimate of drug-likeness (QED) is 0.148. The molecule has 3 amide bonds. The molecule has 294 valence electrons. The first kappa shape index (κ1) is 40.3. The molecule has 2 atom stereocenters. The van der Waals surface area contributed by atoms with E-state index in [-0.39, 0.29) is 35.7 Å². The summed E-state index contributed by atoms with van der Waals surface area (Å²) in [4.78, 5) is 66.3. The number of benzene rings is 1. The highest BCUT2D eigenvalue weighted by Gasteiger charge is 2.32. The third-order valence-electron chi connectivity index (χ3n) is 10.6. The number of hydrogen-bond acceptors (Lipinski definition) is 10. The maximum Gasteiger partial charge on any atom is 0.327 e. The van der Waals surface area contributed by atoms with E-state index in [9.17, 15) is 24.3 Å². The van der Waals surface area contributed by atoms with E-state index in [2.05, 4.69) is 62.3 Å². The van der Waals surface area contributed by atoms with Crippen molar-refractivity contribution in [2.45, 2.75) is 56.7 Å². The van der Waals surface area contributed by atoms with Crippen LogP contribution in [0.1, 0.15) is 43.7 Å². The molecule has 0 radical (unpaired) electrons. The van der Waals surface area contributed by atoms with Gasteiger partial charge in [-0.3, -0.25) is 28.9 Å². The minimum atomic E-state index is -0.824. The first-order valence-corrected chi connectivity index (χ1v) is 20.3. The number of amides is 3. The molecule has 3 aliphatic rings. The van der Waals surface area contributed by atoms with Gasteiger partial charge in [-0.05, 0) is 131 Å². The number of nitrogens with zero attached hydrogens (tertiary/aromatic N) is 6. The fraction of sp³-hybridized carbons (Fsp3) is 0.474. The largest absolute Gasteiger partial charge is 0.506 e. The average molecular weight is 885 g/mol. The Hall–Kier alpha value is -4.32. The number of aromatic amines is 1. The van der Waals surface area contributed by atoms with Crippen LogP contribution in [-0.2, 0) is 20.8 Å². The van der Waals surface area contributed by atoms with E-state index in [1.165, 1.54) is 0 Å². The number of phenolic OH excluding ortho intramolecular Hbond substituents is 1. The maximum absolute atomic E-state index is 13.6. The number of fused-ring (bicyclic) bond motifs is 1. The first-order chi connectivity index (χ1) is 26.6. The number of carbonyl (C=O) groups is 3. The molecule has 15 nitrogen and oxygen atoms in total. The summed E-state index contributed by atoms with van der Waals surface area (Å²) in [5.41, 5.74) is 9.52. The highest BCUT2D eigenvalue weighted by Crippen LogP contribution is 2.33. The summed E-state index contributed by atoms with van der Waals surface area (Å²) in [6.07, 6.45) is 10.6. The Labute approximate surface area is 336 Å². The van der Waals surface area contributed by atoms with Crippen molar-refractivity contribution < 1.29 is 19.5 Å². The van der Waals surface area contributed by atoms with Gasteiger partial charge in [0, 0.05) is 69.6 Å². The highest BCUT2D eigenvalue weighted by atomic mass is 79.9. The van der Waals surface area contributed by atoms with Crippen molar-refractivity contribution in [2.24, 2.45) is 11.7 Å². The van der Waals surface area contributed by atoms with Crippen LogP contribution < -0.4 is 27.0 Å². The lowest BCUT2D eigenvalue weighted by Crippen LogP contribution is -2.57. The molecule has 55 heavy (non-hydrogen) atoms. The number of rotatable bonds is 10. The molecule has 7 rings (SSSR count). The number of aromatic nitrogens is 4. The summed E-state index contributed by atoms with van der Waals surface area (Å²) < 4.78 is 2.81. The van der Waals surface area contributed by atoms with Gasteiger partial charge in [-0.1, -0.05) is 0 Å². The van der Waals surface area contributed by atoms with Gasteiger partial charge in [-0.15, -0.1) is 0 Å². The molecule has 3 saturated heterocycles. The molecule has 0 spiro atoms. The molecule has 6 heterocycles. The summed E-state index contributed by atoms with van der Waals surface area (Å²) in [6, 6.07) is 9.88. The first-order valence-electron chi connectivity index (χ1n) is 18.7. The van der Waals surface area contributed by atoms with Gasteiger partial charge in [-0.2, -0.15) is 0 Å². The number of phenols is 1. The van der Waals surface area contributed by atoms with E-state index in [0.717, 1.165) is 75.0 Å². The van der Waals surface area contributed by atoms with Crippen molar-refractivity contribution in [1.29, 1.82) is 0 Å². The number of imidazole rings is 1. The van der Waals surface area contributed by atoms with E-state index in [0.29, 0.717) is 53.1 Å². The number of nitrogens with two attached hydrogens (primary N) is 1. The molecule has 3 aromatic heterocycles. The lowest BCUT2D eigenvalue weighted by Gasteiger charge is -2.38. The number of carbonyl (C=O) groups excluding carboxylic acids is 3. The van der Waals surface area contributed by atoms with Crippen molar-refractivity contribution in [3.63, 3.8) is 0 Å². The van der Waals surface area contributed by atoms with Crippen LogP contribution in [0.25, 0.3) is 11.2 Å². The molecule has 0 saturated carbocycles. The van der Waals surface area contributed by atoms with Crippen molar-refractivity contribution >= 4 is 66.9 Å². The maximum atomic E-state index is 13.6. The van der Waals surface area contributed by atoms with Crippen molar-refractivity contribution in [3.8, 4) is 5.75 Å². The third kappa shape index (κ3) is 10.3. The molecule has 0 aliphatic carbocycles. The lowest BCUT2D eigenvalue weighted by atomic mass is 9.90. The zero-order chi connectivity index (χ0) is 38.9. The predicted molar refractivity (Wildman–Crippen MR) is 217 cm³/mol. The number of H-pyrrole nitrogens is 1. The van der Waals surface area contributed by atoms with Crippen molar-refractivity contribution in [3.05, 3.63) is 80.0 Å². The number of pyridine rings is 2. The normalized spacial score (nSPS) is 18.0. The van der Waals surface area contributed by atoms with Crippen LogP contribution in [0.2, 0.25) is 0 Å². The van der Waals surface area contributed by atoms with Gasteiger partial charge in [0.2, 0.25) is 18.2 Å². The summed E-state index contributed by atoms with van der Waals surface area (Å²) in [6.45, 7) is 5.91. The minimum Gasteiger partial charge on any atom is -0.506 e. The SMILES string of the molecule is NC(Cc1cc(Br)c(O)c(Br)c1)C(=O)NC(CC1CCNCC1)C(=O)N1CCN(c2ccncc2)CC1.O=CN1CCC(n2c(=O)[nH]c3ncccc32)CC1. The van der Waals surface area contributed by atoms with E-state index in [1.807, 2.05) is 29.2 Å². The Morgan fingerprint density at radius 1 is 0.982 bits per heavy atom. The number of piperidine rings is 2. The Bertz CT molecular complexity index is 1950. The second kappa shape index (κ2) is 19.0. The zero-order valence-electron chi connectivity index (χ0n) is 30.6. The molecular weight excluding hydrogens is 836 g/mol. The number of halogens is 2. The third-order valence-corrected chi connectivity index (χ3v) is 11.8. The van der Waals surface area contributed by atoms with E-state index in [4.69, 9.17) is 5.73 Å². The molecular formula is C38H48Br2N10O5. The molecule has 4 aromatic rings. The van der Waals surface area contributed by atoms with Gasteiger partial charge in [0.1, 0.15) is 11.8 Å². The summed E-state index contributed by atoms with van der Waals surface area (Å²) in [5, 5.41) is 16.3. The van der Waals surface area contributed by atoms with Crippen LogP contribution in [0.4, 0.5) is 5.69 Å². The van der Waals surface area contributed by atoms with Gasteiger partial charge in [-0.25, -0.2) is 9.78 Å². The summed E-state index contributed by atoms with van der Waals surface area (Å²) in [7, 11) is 0. The number of likely N-dealkylation sites (tertiary alicyclic amines) is 1. The molecule has 2 unspecified atom stereocenters. The smallest absolute Gasteiger partial charge is 0.327 e. The minimum absolute atomic E-state index is 0.0383. The van der Waals surface area contributed by atoms with Gasteiger partial charge in [0.15, 0.2) is 5.65 Å². The Morgan fingerprint density at radius 3 is 2.31 bits per heavy atom.